The minimum atomic E-state index is -1.02. The molecule has 0 spiro atoms. The van der Waals surface area contributed by atoms with Gasteiger partial charge in [0, 0.05) is 12.1 Å². The van der Waals surface area contributed by atoms with Gasteiger partial charge < -0.3 is 15.5 Å². The predicted molar refractivity (Wildman–Crippen MR) is 117 cm³/mol. The number of rotatable bonds is 9. The maximum absolute atomic E-state index is 12.0. The van der Waals surface area contributed by atoms with Crippen molar-refractivity contribution in [2.24, 2.45) is 0 Å². The van der Waals surface area contributed by atoms with Crippen LogP contribution in [0.3, 0.4) is 0 Å². The maximum atomic E-state index is 12.0. The van der Waals surface area contributed by atoms with Gasteiger partial charge in [-0.15, -0.1) is 0 Å². The van der Waals surface area contributed by atoms with Gasteiger partial charge in [-0.25, -0.2) is 4.79 Å². The molecule has 0 bridgehead atoms. The minimum absolute atomic E-state index is 0.337. The fourth-order valence-corrected chi connectivity index (χ4v) is 3.68. The Morgan fingerprint density at radius 2 is 1.69 bits per heavy atom. The van der Waals surface area contributed by atoms with Crippen LogP contribution in [0.2, 0.25) is 0 Å². The molecule has 2 rings (SSSR count). The van der Waals surface area contributed by atoms with Gasteiger partial charge in [-0.3, -0.25) is 4.90 Å². The van der Waals surface area contributed by atoms with Crippen molar-refractivity contribution in [3.8, 4) is 0 Å². The Morgan fingerprint density at radius 3 is 2.28 bits per heavy atom. The van der Waals surface area contributed by atoms with E-state index >= 15 is 0 Å². The summed E-state index contributed by atoms with van der Waals surface area (Å²) in [6, 6.07) is 17.4. The topological polar surface area (TPSA) is 72.8 Å². The monoisotopic (exact) mass is 398 g/mol. The van der Waals surface area contributed by atoms with E-state index in [4.69, 9.17) is 0 Å². The Kier molecular flexibility index (Phi) is 8.23. The van der Waals surface area contributed by atoms with Crippen molar-refractivity contribution in [3.63, 3.8) is 0 Å². The van der Waals surface area contributed by atoms with Gasteiger partial charge in [0.2, 0.25) is 0 Å². The van der Waals surface area contributed by atoms with E-state index in [1.807, 2.05) is 63.2 Å². The van der Waals surface area contributed by atoms with Gasteiger partial charge in [0.1, 0.15) is 0 Å². The molecule has 0 radical (unpaired) electrons. The molecule has 5 heteroatoms. The molecule has 0 unspecified atom stereocenters. The molecule has 1 amide bonds. The summed E-state index contributed by atoms with van der Waals surface area (Å²) in [7, 11) is 0. The van der Waals surface area contributed by atoms with Crippen LogP contribution in [0.25, 0.3) is 0 Å². The second-order valence-electron chi connectivity index (χ2n) is 8.53. The Labute approximate surface area is 174 Å². The van der Waals surface area contributed by atoms with Crippen LogP contribution in [-0.2, 0) is 12.8 Å². The highest BCUT2D eigenvalue weighted by molar-refractivity contribution is 5.66. The number of amides is 1. The average molecular weight is 399 g/mol. The number of nitrogens with one attached hydrogen (secondary N) is 1. The average Bonchev–Trinajstić information content (AvgIpc) is 2.65. The lowest BCUT2D eigenvalue weighted by Crippen LogP contribution is -2.58. The van der Waals surface area contributed by atoms with Crippen molar-refractivity contribution >= 4 is 6.09 Å². The van der Waals surface area contributed by atoms with Crippen LogP contribution in [0, 0.1) is 6.92 Å². The summed E-state index contributed by atoms with van der Waals surface area (Å²) in [6.07, 6.45) is -0.504. The van der Waals surface area contributed by atoms with E-state index in [0.29, 0.717) is 13.0 Å². The molecular weight excluding hydrogens is 364 g/mol. The van der Waals surface area contributed by atoms with E-state index in [9.17, 15) is 15.0 Å². The minimum Gasteiger partial charge on any atom is -0.465 e. The molecule has 29 heavy (non-hydrogen) atoms. The summed E-state index contributed by atoms with van der Waals surface area (Å²) in [4.78, 5) is 13.4. The second kappa shape index (κ2) is 10.4. The standard InChI is InChI=1S/C24H34N2O3/c1-18-10-8-9-13-20(18)14-15-25-17-22(27)21(16-19-11-6-5-7-12-19)26(23(28)29)24(2,3)4/h5-13,21-22,25,27H,14-17H2,1-4H3,(H,28,29)/t21-,22+/m0/s1. The second-order valence-corrected chi connectivity index (χ2v) is 8.53. The zero-order valence-corrected chi connectivity index (χ0v) is 17.9. The molecule has 0 saturated carbocycles. The third-order valence-electron chi connectivity index (χ3n) is 5.18. The summed E-state index contributed by atoms with van der Waals surface area (Å²) in [5.74, 6) is 0. The zero-order valence-electron chi connectivity index (χ0n) is 17.9. The van der Waals surface area contributed by atoms with Gasteiger partial charge in [0.05, 0.1) is 12.1 Å². The third-order valence-corrected chi connectivity index (χ3v) is 5.18. The maximum Gasteiger partial charge on any atom is 0.408 e. The van der Waals surface area contributed by atoms with Gasteiger partial charge in [0.15, 0.2) is 0 Å². The fourth-order valence-electron chi connectivity index (χ4n) is 3.68. The normalized spacial score (nSPS) is 13.7. The van der Waals surface area contributed by atoms with Crippen molar-refractivity contribution in [1.82, 2.24) is 10.2 Å². The number of benzene rings is 2. The molecule has 0 heterocycles. The fraction of sp³-hybridized carbons (Fsp3) is 0.458. The zero-order chi connectivity index (χ0) is 21.4. The number of hydrogen-bond donors (Lipinski definition) is 3. The van der Waals surface area contributed by atoms with Crippen LogP contribution in [0.4, 0.5) is 4.79 Å². The molecular formula is C24H34N2O3. The molecule has 158 valence electrons. The first-order chi connectivity index (χ1) is 13.7. The molecule has 0 saturated heterocycles. The number of hydrogen-bond acceptors (Lipinski definition) is 3. The Morgan fingerprint density at radius 1 is 1.07 bits per heavy atom. The molecule has 0 aromatic heterocycles. The SMILES string of the molecule is Cc1ccccc1CCNC[C@@H](O)[C@H](Cc1ccccc1)N(C(=O)O)C(C)(C)C. The Balaban J connectivity index is 2.06. The Bertz CT molecular complexity index is 771. The van der Waals surface area contributed by atoms with Crippen molar-refractivity contribution in [2.75, 3.05) is 13.1 Å². The van der Waals surface area contributed by atoms with Crippen LogP contribution in [0.1, 0.15) is 37.5 Å². The van der Waals surface area contributed by atoms with E-state index in [0.717, 1.165) is 18.5 Å². The van der Waals surface area contributed by atoms with E-state index in [1.54, 1.807) is 0 Å². The van der Waals surface area contributed by atoms with Crippen LogP contribution in [0.5, 0.6) is 0 Å². The first-order valence-corrected chi connectivity index (χ1v) is 10.2. The number of aryl methyl sites for hydroxylation is 1. The summed E-state index contributed by atoms with van der Waals surface area (Å²) in [5, 5.41) is 24.1. The molecule has 5 nitrogen and oxygen atoms in total. The predicted octanol–water partition coefficient (Wildman–Crippen LogP) is 3.88. The molecule has 2 atom stereocenters. The van der Waals surface area contributed by atoms with Gasteiger partial charge in [-0.2, -0.15) is 0 Å². The number of aliphatic hydroxyl groups excluding tert-OH is 1. The van der Waals surface area contributed by atoms with Crippen molar-refractivity contribution in [3.05, 3.63) is 71.3 Å². The summed E-state index contributed by atoms with van der Waals surface area (Å²) >= 11 is 0. The van der Waals surface area contributed by atoms with Crippen LogP contribution >= 0.6 is 0 Å². The van der Waals surface area contributed by atoms with Crippen LogP contribution < -0.4 is 5.32 Å². The molecule has 0 fully saturated rings. The smallest absolute Gasteiger partial charge is 0.408 e. The molecule has 2 aromatic rings. The van der Waals surface area contributed by atoms with Crippen molar-refractivity contribution < 1.29 is 15.0 Å². The number of nitrogens with zero attached hydrogens (tertiary/aromatic N) is 1. The molecule has 3 N–H and O–H groups in total. The van der Waals surface area contributed by atoms with Crippen molar-refractivity contribution in [1.29, 1.82) is 0 Å². The van der Waals surface area contributed by atoms with Crippen LogP contribution in [-0.4, -0.2) is 52.0 Å². The largest absolute Gasteiger partial charge is 0.465 e. The number of aliphatic hydroxyl groups is 1. The first kappa shape index (κ1) is 22.9. The van der Waals surface area contributed by atoms with E-state index in [2.05, 4.69) is 24.4 Å². The highest BCUT2D eigenvalue weighted by Crippen LogP contribution is 2.22. The lowest BCUT2D eigenvalue weighted by molar-refractivity contribution is 0.00792. The number of carbonyl (C=O) groups is 1. The highest BCUT2D eigenvalue weighted by atomic mass is 16.4. The van der Waals surface area contributed by atoms with Gasteiger partial charge >= 0.3 is 6.09 Å². The molecule has 0 aliphatic rings. The summed E-state index contributed by atoms with van der Waals surface area (Å²) < 4.78 is 0. The number of carboxylic acid groups (broad SMARTS) is 1. The van der Waals surface area contributed by atoms with Gasteiger partial charge in [-0.1, -0.05) is 54.6 Å². The van der Waals surface area contributed by atoms with E-state index in [1.165, 1.54) is 16.0 Å². The highest BCUT2D eigenvalue weighted by Gasteiger charge is 2.37. The summed E-state index contributed by atoms with van der Waals surface area (Å²) in [6.45, 7) is 8.73. The van der Waals surface area contributed by atoms with E-state index in [-0.39, 0.29) is 0 Å². The van der Waals surface area contributed by atoms with E-state index < -0.39 is 23.8 Å². The lowest BCUT2D eigenvalue weighted by Gasteiger charge is -2.42. The van der Waals surface area contributed by atoms with Crippen molar-refractivity contribution in [2.45, 2.75) is 58.2 Å². The molecule has 0 aliphatic carbocycles. The summed E-state index contributed by atoms with van der Waals surface area (Å²) in [5.41, 5.74) is 2.92. The van der Waals surface area contributed by atoms with Gasteiger partial charge in [0.25, 0.3) is 0 Å². The lowest BCUT2D eigenvalue weighted by atomic mass is 9.94. The molecule has 2 aromatic carbocycles. The molecule has 0 aliphatic heterocycles. The third kappa shape index (κ3) is 6.87. The van der Waals surface area contributed by atoms with Crippen LogP contribution in [0.15, 0.2) is 54.6 Å². The van der Waals surface area contributed by atoms with Gasteiger partial charge in [-0.05, 0) is 63.8 Å². The Hall–Kier alpha value is -2.37. The quantitative estimate of drug-likeness (QED) is 0.561. The first-order valence-electron chi connectivity index (χ1n) is 10.2.